The minimum atomic E-state index is -3.70. The van der Waals surface area contributed by atoms with E-state index >= 15 is 0 Å². The summed E-state index contributed by atoms with van der Waals surface area (Å²) in [4.78, 5) is 0. The number of methoxy groups -OCH3 is 1. The molecule has 1 aromatic carbocycles. The third kappa shape index (κ3) is 4.52. The van der Waals surface area contributed by atoms with Crippen LogP contribution in [0.2, 0.25) is 0 Å². The van der Waals surface area contributed by atoms with Gasteiger partial charge in [-0.25, -0.2) is 8.42 Å². The summed E-state index contributed by atoms with van der Waals surface area (Å²) in [5.74, 6) is 0.453. The van der Waals surface area contributed by atoms with Crippen LogP contribution in [0.15, 0.2) is 18.2 Å². The van der Waals surface area contributed by atoms with Gasteiger partial charge in [0.15, 0.2) is 0 Å². The van der Waals surface area contributed by atoms with E-state index in [9.17, 15) is 16.8 Å². The maximum atomic E-state index is 12.3. The average molecular weight is 377 g/mol. The van der Waals surface area contributed by atoms with E-state index in [1.807, 2.05) is 6.92 Å². The number of hydrogen-bond donors (Lipinski definition) is 2. The van der Waals surface area contributed by atoms with Gasteiger partial charge in [-0.3, -0.25) is 9.03 Å². The van der Waals surface area contributed by atoms with Crippen LogP contribution in [0.5, 0.6) is 5.75 Å². The molecule has 1 fully saturated rings. The van der Waals surface area contributed by atoms with Crippen LogP contribution in [-0.4, -0.2) is 42.8 Å². The molecule has 0 saturated carbocycles. The molecule has 24 heavy (non-hydrogen) atoms. The first-order valence-corrected chi connectivity index (χ1v) is 10.8. The molecule has 0 radical (unpaired) electrons. The highest BCUT2D eigenvalue weighted by Crippen LogP contribution is 2.35. The lowest BCUT2D eigenvalue weighted by molar-refractivity contribution is 0.415. The number of anilines is 2. The lowest BCUT2D eigenvalue weighted by Gasteiger charge is -2.29. The van der Waals surface area contributed by atoms with Crippen molar-refractivity contribution in [2.24, 2.45) is 0 Å². The molecule has 0 spiro atoms. The fourth-order valence-corrected chi connectivity index (χ4v) is 5.06. The molecule has 10 heteroatoms. The Morgan fingerprint density at radius 3 is 2.67 bits per heavy atom. The van der Waals surface area contributed by atoms with Crippen molar-refractivity contribution in [1.29, 1.82) is 0 Å². The van der Waals surface area contributed by atoms with Gasteiger partial charge in [0, 0.05) is 13.1 Å². The third-order valence-electron chi connectivity index (χ3n) is 3.59. The molecule has 2 N–H and O–H groups in total. The van der Waals surface area contributed by atoms with Gasteiger partial charge in [0.05, 0.1) is 24.2 Å². The number of rotatable bonds is 7. The van der Waals surface area contributed by atoms with Crippen LogP contribution >= 0.6 is 0 Å². The normalized spacial score (nSPS) is 17.5. The van der Waals surface area contributed by atoms with Crippen molar-refractivity contribution in [3.8, 4) is 5.75 Å². The molecule has 0 amide bonds. The Balaban J connectivity index is 2.34. The molecule has 1 heterocycles. The van der Waals surface area contributed by atoms with Crippen molar-refractivity contribution < 1.29 is 21.6 Å². The van der Waals surface area contributed by atoms with Gasteiger partial charge in [-0.15, -0.1) is 0 Å². The minimum absolute atomic E-state index is 0.0736. The number of nitrogens with zero attached hydrogens (tertiary/aromatic N) is 1. The highest BCUT2D eigenvalue weighted by atomic mass is 32.2. The first-order chi connectivity index (χ1) is 11.3. The molecule has 136 valence electrons. The van der Waals surface area contributed by atoms with E-state index < -0.39 is 20.2 Å². The van der Waals surface area contributed by atoms with Gasteiger partial charge in [0.25, 0.3) is 10.2 Å². The van der Waals surface area contributed by atoms with Gasteiger partial charge >= 0.3 is 0 Å². The van der Waals surface area contributed by atoms with Crippen molar-refractivity contribution in [3.63, 3.8) is 0 Å². The molecular formula is C14H23N3O5S2. The SMILES string of the molecule is CCCNS(=O)(=O)Nc1ccc(OC)c(N2CCCCS2(=O)=O)c1. The van der Waals surface area contributed by atoms with Crippen LogP contribution in [0.3, 0.4) is 0 Å². The maximum Gasteiger partial charge on any atom is 0.299 e. The second-order valence-electron chi connectivity index (χ2n) is 5.48. The lowest BCUT2D eigenvalue weighted by Crippen LogP contribution is -2.38. The molecule has 0 unspecified atom stereocenters. The third-order valence-corrected chi connectivity index (χ3v) is 6.54. The monoisotopic (exact) mass is 377 g/mol. The molecule has 0 atom stereocenters. The Morgan fingerprint density at radius 2 is 2.04 bits per heavy atom. The van der Waals surface area contributed by atoms with Crippen LogP contribution in [0, 0.1) is 0 Å². The van der Waals surface area contributed by atoms with Crippen LogP contribution in [0.25, 0.3) is 0 Å². The smallest absolute Gasteiger partial charge is 0.299 e. The first-order valence-electron chi connectivity index (χ1n) is 7.75. The Labute approximate surface area is 143 Å². The largest absolute Gasteiger partial charge is 0.495 e. The molecule has 2 rings (SSSR count). The summed E-state index contributed by atoms with van der Waals surface area (Å²) >= 11 is 0. The summed E-state index contributed by atoms with van der Waals surface area (Å²) in [6.45, 7) is 2.52. The summed E-state index contributed by atoms with van der Waals surface area (Å²) in [5.41, 5.74) is 0.614. The number of benzene rings is 1. The standard InChI is InChI=1S/C14H23N3O5S2/c1-3-8-15-24(20,21)16-12-6-7-14(22-2)13(11-12)17-9-4-5-10-23(17,18)19/h6-7,11,15-16H,3-5,8-10H2,1-2H3. The number of hydrogen-bond acceptors (Lipinski definition) is 5. The van der Waals surface area contributed by atoms with E-state index in [-0.39, 0.29) is 11.4 Å². The van der Waals surface area contributed by atoms with Crippen molar-refractivity contribution >= 4 is 31.6 Å². The number of ether oxygens (including phenoxy) is 1. The molecule has 0 aromatic heterocycles. The zero-order chi connectivity index (χ0) is 17.8. The zero-order valence-electron chi connectivity index (χ0n) is 13.8. The molecular weight excluding hydrogens is 354 g/mol. The second-order valence-corrected chi connectivity index (χ2v) is 8.99. The van der Waals surface area contributed by atoms with E-state index in [1.165, 1.54) is 23.5 Å². The van der Waals surface area contributed by atoms with E-state index in [0.717, 1.165) is 6.42 Å². The van der Waals surface area contributed by atoms with Crippen molar-refractivity contribution in [1.82, 2.24) is 4.72 Å². The van der Waals surface area contributed by atoms with E-state index in [2.05, 4.69) is 9.44 Å². The Morgan fingerprint density at radius 1 is 1.29 bits per heavy atom. The quantitative estimate of drug-likeness (QED) is 0.745. The Bertz CT molecular complexity index is 778. The van der Waals surface area contributed by atoms with E-state index in [4.69, 9.17) is 4.74 Å². The zero-order valence-corrected chi connectivity index (χ0v) is 15.4. The fraction of sp³-hybridized carbons (Fsp3) is 0.571. The molecule has 1 saturated heterocycles. The topological polar surface area (TPSA) is 105 Å². The lowest BCUT2D eigenvalue weighted by atomic mass is 10.2. The van der Waals surface area contributed by atoms with Crippen LogP contribution in [-0.2, 0) is 20.2 Å². The molecule has 0 bridgehead atoms. The second kappa shape index (κ2) is 7.58. The van der Waals surface area contributed by atoms with Crippen molar-refractivity contribution in [2.75, 3.05) is 35.0 Å². The van der Waals surface area contributed by atoms with Crippen molar-refractivity contribution in [3.05, 3.63) is 18.2 Å². The van der Waals surface area contributed by atoms with Crippen molar-refractivity contribution in [2.45, 2.75) is 26.2 Å². The number of sulfonamides is 1. The van der Waals surface area contributed by atoms with E-state index in [0.29, 0.717) is 37.4 Å². The minimum Gasteiger partial charge on any atom is -0.495 e. The van der Waals surface area contributed by atoms with Crippen LogP contribution in [0.1, 0.15) is 26.2 Å². The Kier molecular flexibility index (Phi) is 5.94. The average Bonchev–Trinajstić information content (AvgIpc) is 2.52. The van der Waals surface area contributed by atoms with Gasteiger partial charge in [0.2, 0.25) is 10.0 Å². The van der Waals surface area contributed by atoms with Crippen LogP contribution < -0.4 is 18.5 Å². The van der Waals surface area contributed by atoms with Gasteiger partial charge in [-0.1, -0.05) is 6.92 Å². The molecule has 8 nitrogen and oxygen atoms in total. The highest BCUT2D eigenvalue weighted by Gasteiger charge is 2.28. The summed E-state index contributed by atoms with van der Waals surface area (Å²) < 4.78 is 59.8. The highest BCUT2D eigenvalue weighted by molar-refractivity contribution is 7.92. The first kappa shape index (κ1) is 18.8. The predicted molar refractivity (Wildman–Crippen MR) is 94.2 cm³/mol. The predicted octanol–water partition coefficient (Wildman–Crippen LogP) is 1.28. The molecule has 0 aliphatic carbocycles. The molecule has 1 aliphatic heterocycles. The number of nitrogens with one attached hydrogen (secondary N) is 2. The molecule has 1 aromatic rings. The maximum absolute atomic E-state index is 12.3. The summed E-state index contributed by atoms with van der Waals surface area (Å²) in [5, 5.41) is 0. The van der Waals surface area contributed by atoms with Gasteiger partial charge < -0.3 is 4.74 Å². The van der Waals surface area contributed by atoms with E-state index in [1.54, 1.807) is 6.07 Å². The Hall–Kier alpha value is -1.52. The summed E-state index contributed by atoms with van der Waals surface area (Å²) in [7, 11) is -5.68. The fourth-order valence-electron chi connectivity index (χ4n) is 2.44. The van der Waals surface area contributed by atoms with Gasteiger partial charge in [-0.2, -0.15) is 13.1 Å². The summed E-state index contributed by atoms with van der Waals surface area (Å²) in [6, 6.07) is 4.56. The summed E-state index contributed by atoms with van der Waals surface area (Å²) in [6.07, 6.45) is 2.03. The van der Waals surface area contributed by atoms with Crippen LogP contribution in [0.4, 0.5) is 11.4 Å². The molecule has 1 aliphatic rings. The van der Waals surface area contributed by atoms with Gasteiger partial charge in [-0.05, 0) is 37.5 Å². The van der Waals surface area contributed by atoms with Gasteiger partial charge in [0.1, 0.15) is 5.75 Å².